The van der Waals surface area contributed by atoms with Crippen molar-refractivity contribution in [1.82, 2.24) is 9.97 Å². The number of benzene rings is 9. The Balaban J connectivity index is 1.05. The van der Waals surface area contributed by atoms with Crippen LogP contribution in [0.15, 0.2) is 182 Å². The van der Waals surface area contributed by atoms with E-state index in [2.05, 4.69) is 182 Å². The van der Waals surface area contributed by atoms with Gasteiger partial charge in [-0.2, -0.15) is 0 Å². The highest BCUT2D eigenvalue weighted by molar-refractivity contribution is 6.21. The van der Waals surface area contributed by atoms with E-state index in [0.717, 1.165) is 38.8 Å². The maximum absolute atomic E-state index is 5.30. The Bertz CT molecular complexity index is 3190. The molecule has 0 spiro atoms. The first-order valence-electron chi connectivity index (χ1n) is 17.8. The Morgan fingerprint density at radius 3 is 1.19 bits per heavy atom. The summed E-state index contributed by atoms with van der Waals surface area (Å²) in [6.45, 7) is 0. The van der Waals surface area contributed by atoms with Crippen molar-refractivity contribution in [2.75, 3.05) is 0 Å². The molecule has 2 heterocycles. The van der Waals surface area contributed by atoms with Gasteiger partial charge in [-0.15, -0.1) is 0 Å². The average Bonchev–Trinajstić information content (AvgIpc) is 3.20. The second-order valence-electron chi connectivity index (χ2n) is 13.8. The van der Waals surface area contributed by atoms with Gasteiger partial charge in [-0.1, -0.05) is 133 Å². The SMILES string of the molecule is c1ccc2cc3nc(-c4ccc5cc(-c6c7ccccc7c(-c7ccc8cc9ccccc9cc8n7)c7ccccc67)ccc5c4)ccc3cc2c1. The van der Waals surface area contributed by atoms with Gasteiger partial charge in [0.1, 0.15) is 0 Å². The van der Waals surface area contributed by atoms with Gasteiger partial charge in [-0.25, -0.2) is 9.97 Å². The van der Waals surface area contributed by atoms with Gasteiger partial charge in [0.05, 0.1) is 22.4 Å². The van der Waals surface area contributed by atoms with Crippen molar-refractivity contribution in [2.45, 2.75) is 0 Å². The average molecular weight is 659 g/mol. The third kappa shape index (κ3) is 4.58. The summed E-state index contributed by atoms with van der Waals surface area (Å²) in [6.07, 6.45) is 0. The highest BCUT2D eigenvalue weighted by atomic mass is 14.7. The third-order valence-corrected chi connectivity index (χ3v) is 10.7. The van der Waals surface area contributed by atoms with E-state index in [9.17, 15) is 0 Å². The first kappa shape index (κ1) is 28.9. The molecule has 11 rings (SSSR count). The van der Waals surface area contributed by atoms with E-state index < -0.39 is 0 Å². The summed E-state index contributed by atoms with van der Waals surface area (Å²) in [5.41, 5.74) is 8.73. The monoisotopic (exact) mass is 658 g/mol. The molecule has 0 fully saturated rings. The van der Waals surface area contributed by atoms with Crippen molar-refractivity contribution in [1.29, 1.82) is 0 Å². The highest BCUT2D eigenvalue weighted by Gasteiger charge is 2.18. The lowest BCUT2D eigenvalue weighted by Crippen LogP contribution is -1.93. The van der Waals surface area contributed by atoms with Crippen molar-refractivity contribution in [3.63, 3.8) is 0 Å². The van der Waals surface area contributed by atoms with Crippen molar-refractivity contribution < 1.29 is 0 Å². The number of rotatable bonds is 3. The van der Waals surface area contributed by atoms with E-state index in [1.54, 1.807) is 0 Å². The van der Waals surface area contributed by atoms with Crippen LogP contribution >= 0.6 is 0 Å². The van der Waals surface area contributed by atoms with Crippen LogP contribution < -0.4 is 0 Å². The molecule has 0 aliphatic rings. The van der Waals surface area contributed by atoms with Crippen molar-refractivity contribution in [2.24, 2.45) is 0 Å². The number of hydrogen-bond donors (Lipinski definition) is 0. The van der Waals surface area contributed by atoms with Gasteiger partial charge in [-0.05, 0) is 114 Å². The number of hydrogen-bond acceptors (Lipinski definition) is 2. The van der Waals surface area contributed by atoms with Crippen LogP contribution in [0, 0.1) is 0 Å². The predicted octanol–water partition coefficient (Wildman–Crippen LogP) is 13.5. The summed E-state index contributed by atoms with van der Waals surface area (Å²) < 4.78 is 0. The zero-order chi connectivity index (χ0) is 34.2. The molecule has 2 nitrogen and oxygen atoms in total. The molecule has 0 aliphatic heterocycles. The Morgan fingerprint density at radius 2 is 0.635 bits per heavy atom. The van der Waals surface area contributed by atoms with Gasteiger partial charge in [-0.3, -0.25) is 0 Å². The van der Waals surface area contributed by atoms with Crippen LogP contribution in [-0.2, 0) is 0 Å². The molecule has 11 aromatic rings. The molecule has 0 saturated carbocycles. The van der Waals surface area contributed by atoms with Crippen molar-refractivity contribution >= 4 is 75.7 Å². The van der Waals surface area contributed by atoms with Gasteiger partial charge < -0.3 is 0 Å². The van der Waals surface area contributed by atoms with Crippen LogP contribution in [0.3, 0.4) is 0 Å². The quantitative estimate of drug-likeness (QED) is 0.177. The summed E-state index contributed by atoms with van der Waals surface area (Å²) in [5, 5.41) is 14.4. The molecule has 0 saturated heterocycles. The minimum Gasteiger partial charge on any atom is -0.248 e. The fraction of sp³-hybridized carbons (Fsp3) is 0. The van der Waals surface area contributed by atoms with E-state index in [1.807, 2.05) is 0 Å². The van der Waals surface area contributed by atoms with E-state index in [1.165, 1.54) is 70.6 Å². The Morgan fingerprint density at radius 1 is 0.250 bits per heavy atom. The predicted molar refractivity (Wildman–Crippen MR) is 221 cm³/mol. The molecule has 240 valence electrons. The summed E-state index contributed by atoms with van der Waals surface area (Å²) >= 11 is 0. The van der Waals surface area contributed by atoms with Crippen LogP contribution in [0.1, 0.15) is 0 Å². The Labute approximate surface area is 300 Å². The Hall–Kier alpha value is -6.90. The largest absolute Gasteiger partial charge is 0.248 e. The molecular formula is C50H30N2. The van der Waals surface area contributed by atoms with E-state index in [4.69, 9.17) is 9.97 Å². The normalized spacial score (nSPS) is 11.8. The molecule has 0 aliphatic carbocycles. The molecule has 0 radical (unpaired) electrons. The number of nitrogens with zero attached hydrogens (tertiary/aromatic N) is 2. The molecule has 9 aromatic carbocycles. The second kappa shape index (κ2) is 11.3. The fourth-order valence-corrected chi connectivity index (χ4v) is 8.20. The Kier molecular flexibility index (Phi) is 6.28. The van der Waals surface area contributed by atoms with Gasteiger partial charge in [0.2, 0.25) is 0 Å². The second-order valence-corrected chi connectivity index (χ2v) is 13.8. The highest BCUT2D eigenvalue weighted by Crippen LogP contribution is 2.44. The molecule has 0 amide bonds. The summed E-state index contributed by atoms with van der Waals surface area (Å²) in [6, 6.07) is 65.8. The number of aromatic nitrogens is 2. The molecule has 0 N–H and O–H groups in total. The van der Waals surface area contributed by atoms with Gasteiger partial charge in [0.25, 0.3) is 0 Å². The lowest BCUT2D eigenvalue weighted by molar-refractivity contribution is 1.41. The topological polar surface area (TPSA) is 25.8 Å². The molecular weight excluding hydrogens is 629 g/mol. The molecule has 2 aromatic heterocycles. The van der Waals surface area contributed by atoms with E-state index in [0.29, 0.717) is 0 Å². The fourth-order valence-electron chi connectivity index (χ4n) is 8.20. The smallest absolute Gasteiger partial charge is 0.0722 e. The van der Waals surface area contributed by atoms with Crippen LogP contribution in [0.4, 0.5) is 0 Å². The minimum atomic E-state index is 0.983. The van der Waals surface area contributed by atoms with Crippen molar-refractivity contribution in [3.8, 4) is 33.6 Å². The molecule has 0 bridgehead atoms. The van der Waals surface area contributed by atoms with Gasteiger partial charge >= 0.3 is 0 Å². The van der Waals surface area contributed by atoms with Crippen LogP contribution in [0.2, 0.25) is 0 Å². The number of fused-ring (bicyclic) bond motifs is 7. The molecule has 0 unspecified atom stereocenters. The first-order chi connectivity index (χ1) is 25.7. The van der Waals surface area contributed by atoms with Crippen LogP contribution in [-0.4, -0.2) is 9.97 Å². The van der Waals surface area contributed by atoms with Crippen LogP contribution in [0.5, 0.6) is 0 Å². The third-order valence-electron chi connectivity index (χ3n) is 10.7. The molecule has 2 heteroatoms. The van der Waals surface area contributed by atoms with Crippen LogP contribution in [0.25, 0.3) is 109 Å². The minimum absolute atomic E-state index is 0.983. The van der Waals surface area contributed by atoms with E-state index in [-0.39, 0.29) is 0 Å². The maximum Gasteiger partial charge on any atom is 0.0722 e. The summed E-state index contributed by atoms with van der Waals surface area (Å²) in [4.78, 5) is 10.4. The molecule has 0 atom stereocenters. The van der Waals surface area contributed by atoms with Gasteiger partial charge in [0, 0.05) is 21.9 Å². The standard InChI is InChI=1S/C50H30N2/c1-3-11-33-29-47-38(25-31(33)9-1)21-23-45(51-47)37-19-17-36-28-40(20-18-35(36)27-37)49-41-13-5-7-15-43(41)50(44-16-8-6-14-42(44)49)46-24-22-39-26-32-10-2-4-12-34(32)30-48(39)52-46/h1-30H. The zero-order valence-corrected chi connectivity index (χ0v) is 28.2. The van der Waals surface area contributed by atoms with E-state index >= 15 is 0 Å². The van der Waals surface area contributed by atoms with Crippen molar-refractivity contribution in [3.05, 3.63) is 182 Å². The number of pyridine rings is 2. The van der Waals surface area contributed by atoms with Gasteiger partial charge in [0.15, 0.2) is 0 Å². The lowest BCUT2D eigenvalue weighted by Gasteiger charge is -2.18. The summed E-state index contributed by atoms with van der Waals surface area (Å²) in [5.74, 6) is 0. The zero-order valence-electron chi connectivity index (χ0n) is 28.2. The summed E-state index contributed by atoms with van der Waals surface area (Å²) in [7, 11) is 0. The lowest BCUT2D eigenvalue weighted by atomic mass is 9.86. The maximum atomic E-state index is 5.30. The molecule has 52 heavy (non-hydrogen) atoms. The first-order valence-corrected chi connectivity index (χ1v) is 17.8.